The van der Waals surface area contributed by atoms with Crippen LogP contribution >= 0.6 is 0 Å². The van der Waals surface area contributed by atoms with Crippen LogP contribution in [0.1, 0.15) is 23.0 Å². The van der Waals surface area contributed by atoms with Gasteiger partial charge in [-0.2, -0.15) is 5.10 Å². The van der Waals surface area contributed by atoms with E-state index in [0.29, 0.717) is 17.9 Å². The van der Waals surface area contributed by atoms with Gasteiger partial charge in [-0.1, -0.05) is 19.1 Å². The van der Waals surface area contributed by atoms with Gasteiger partial charge in [-0.25, -0.2) is 19.3 Å². The normalized spacial score (nSPS) is 10.0. The molecule has 0 saturated carbocycles. The number of aromatic nitrogens is 3. The number of nitrogens with one attached hydrogen (secondary N) is 2. The summed E-state index contributed by atoms with van der Waals surface area (Å²) in [5.74, 6) is -0.874. The Bertz CT molecular complexity index is 801. The first kappa shape index (κ1) is 18.8. The summed E-state index contributed by atoms with van der Waals surface area (Å²) in [5.41, 5.74) is 0.847. The van der Waals surface area contributed by atoms with Gasteiger partial charge in [0.25, 0.3) is 5.91 Å². The minimum absolute atomic E-state index is 0.214. The Hall–Kier alpha value is -3.49. The number of pyridine rings is 1. The van der Waals surface area contributed by atoms with E-state index in [4.69, 9.17) is 4.74 Å². The molecule has 0 aliphatic rings. The predicted molar refractivity (Wildman–Crippen MR) is 92.8 cm³/mol. The molecule has 9 heteroatoms. The topological polar surface area (TPSA) is 115 Å². The van der Waals surface area contributed by atoms with Crippen LogP contribution in [0.15, 0.2) is 43.2 Å². The summed E-state index contributed by atoms with van der Waals surface area (Å²) in [6.45, 7) is 4.93. The van der Waals surface area contributed by atoms with Crippen molar-refractivity contribution in [2.24, 2.45) is 0 Å². The highest BCUT2D eigenvalue weighted by molar-refractivity contribution is 5.97. The van der Waals surface area contributed by atoms with Crippen molar-refractivity contribution in [3.8, 4) is 5.82 Å². The first-order valence-electron chi connectivity index (χ1n) is 7.90. The third kappa shape index (κ3) is 4.76. The Morgan fingerprint density at radius 2 is 2.15 bits per heavy atom. The van der Waals surface area contributed by atoms with E-state index in [9.17, 15) is 14.4 Å². The maximum Gasteiger partial charge on any atom is 0.342 e. The van der Waals surface area contributed by atoms with Gasteiger partial charge in [0.05, 0.1) is 11.9 Å². The van der Waals surface area contributed by atoms with Crippen LogP contribution in [-0.2, 0) is 16.0 Å². The average Bonchev–Trinajstić information content (AvgIpc) is 3.09. The number of carbonyl (C=O) groups is 3. The van der Waals surface area contributed by atoms with Crippen LogP contribution < -0.4 is 10.6 Å². The van der Waals surface area contributed by atoms with Gasteiger partial charge in [-0.15, -0.1) is 6.58 Å². The number of ether oxygens (including phenoxy) is 1. The SMILES string of the molecule is C=CCNC(=O)NC(=O)COC(=O)c1cnn(-c2ccccn2)c1CC. The summed E-state index contributed by atoms with van der Waals surface area (Å²) in [5, 5.41) is 8.58. The van der Waals surface area contributed by atoms with Crippen molar-refractivity contribution >= 4 is 17.9 Å². The fraction of sp³-hybridized carbons (Fsp3) is 0.235. The fourth-order valence-electron chi connectivity index (χ4n) is 2.14. The molecular weight excluding hydrogens is 338 g/mol. The van der Waals surface area contributed by atoms with Crippen LogP contribution in [0.2, 0.25) is 0 Å². The van der Waals surface area contributed by atoms with Crippen LogP contribution in [0.3, 0.4) is 0 Å². The number of hydrogen-bond donors (Lipinski definition) is 2. The minimum Gasteiger partial charge on any atom is -0.452 e. The van der Waals surface area contributed by atoms with Crippen LogP contribution in [0.25, 0.3) is 5.82 Å². The first-order valence-corrected chi connectivity index (χ1v) is 7.90. The van der Waals surface area contributed by atoms with Gasteiger partial charge in [-0.05, 0) is 18.6 Å². The highest BCUT2D eigenvalue weighted by Gasteiger charge is 2.20. The summed E-state index contributed by atoms with van der Waals surface area (Å²) < 4.78 is 6.50. The lowest BCUT2D eigenvalue weighted by Gasteiger charge is -2.08. The number of urea groups is 1. The zero-order chi connectivity index (χ0) is 18.9. The molecule has 2 aromatic heterocycles. The van der Waals surface area contributed by atoms with E-state index in [1.54, 1.807) is 23.0 Å². The smallest absolute Gasteiger partial charge is 0.342 e. The van der Waals surface area contributed by atoms with E-state index in [0.717, 1.165) is 0 Å². The van der Waals surface area contributed by atoms with Crippen LogP contribution in [-0.4, -0.2) is 45.8 Å². The predicted octanol–water partition coefficient (Wildman–Crippen LogP) is 0.998. The molecule has 0 bridgehead atoms. The molecule has 3 amide bonds. The van der Waals surface area contributed by atoms with Crippen molar-refractivity contribution in [2.45, 2.75) is 13.3 Å². The van der Waals surface area contributed by atoms with E-state index in [-0.39, 0.29) is 12.1 Å². The lowest BCUT2D eigenvalue weighted by Crippen LogP contribution is -2.41. The second-order valence-corrected chi connectivity index (χ2v) is 5.08. The molecule has 0 aliphatic carbocycles. The third-order valence-corrected chi connectivity index (χ3v) is 3.28. The van der Waals surface area contributed by atoms with Crippen molar-refractivity contribution in [1.82, 2.24) is 25.4 Å². The molecule has 0 fully saturated rings. The maximum atomic E-state index is 12.2. The lowest BCUT2D eigenvalue weighted by molar-refractivity contribution is -0.123. The average molecular weight is 357 g/mol. The summed E-state index contributed by atoms with van der Waals surface area (Å²) in [4.78, 5) is 39.4. The molecule has 0 radical (unpaired) electrons. The van der Waals surface area contributed by atoms with Gasteiger partial charge in [-0.3, -0.25) is 10.1 Å². The fourth-order valence-corrected chi connectivity index (χ4v) is 2.14. The lowest BCUT2D eigenvalue weighted by atomic mass is 10.2. The van der Waals surface area contributed by atoms with Crippen LogP contribution in [0, 0.1) is 0 Å². The van der Waals surface area contributed by atoms with E-state index in [1.807, 2.05) is 18.3 Å². The number of carbonyl (C=O) groups excluding carboxylic acids is 3. The summed E-state index contributed by atoms with van der Waals surface area (Å²) in [7, 11) is 0. The Morgan fingerprint density at radius 3 is 2.81 bits per heavy atom. The number of esters is 1. The first-order chi connectivity index (χ1) is 12.6. The highest BCUT2D eigenvalue weighted by Crippen LogP contribution is 2.15. The second kappa shape index (κ2) is 9.11. The largest absolute Gasteiger partial charge is 0.452 e. The van der Waals surface area contributed by atoms with Gasteiger partial charge >= 0.3 is 12.0 Å². The quantitative estimate of drug-likeness (QED) is 0.564. The zero-order valence-electron chi connectivity index (χ0n) is 14.3. The van der Waals surface area contributed by atoms with E-state index in [1.165, 1.54) is 12.3 Å². The molecule has 2 heterocycles. The second-order valence-electron chi connectivity index (χ2n) is 5.08. The van der Waals surface area contributed by atoms with Crippen molar-refractivity contribution in [3.05, 3.63) is 54.5 Å². The number of amides is 3. The molecule has 9 nitrogen and oxygen atoms in total. The van der Waals surface area contributed by atoms with E-state index >= 15 is 0 Å². The van der Waals surface area contributed by atoms with E-state index < -0.39 is 24.5 Å². The van der Waals surface area contributed by atoms with Gasteiger partial charge in [0.2, 0.25) is 0 Å². The standard InChI is InChI=1S/C17H19N5O4/c1-3-8-19-17(25)21-15(23)11-26-16(24)12-10-20-22(13(12)4-2)14-7-5-6-9-18-14/h3,5-7,9-10H,1,4,8,11H2,2H3,(H2,19,21,23,25). The van der Waals surface area contributed by atoms with Crippen LogP contribution in [0.5, 0.6) is 0 Å². The number of nitrogens with zero attached hydrogens (tertiary/aromatic N) is 3. The highest BCUT2D eigenvalue weighted by atomic mass is 16.5. The summed E-state index contributed by atoms with van der Waals surface area (Å²) in [6, 6.07) is 4.65. The molecule has 136 valence electrons. The van der Waals surface area contributed by atoms with Gasteiger partial charge in [0.15, 0.2) is 12.4 Å². The number of imide groups is 1. The van der Waals surface area contributed by atoms with E-state index in [2.05, 4.69) is 22.0 Å². The number of hydrogen-bond acceptors (Lipinski definition) is 6. The van der Waals surface area contributed by atoms with Crippen LogP contribution in [0.4, 0.5) is 4.79 Å². The van der Waals surface area contributed by atoms with Crippen molar-refractivity contribution in [1.29, 1.82) is 0 Å². The monoisotopic (exact) mass is 357 g/mol. The molecule has 2 aromatic rings. The van der Waals surface area contributed by atoms with Gasteiger partial charge in [0, 0.05) is 12.7 Å². The zero-order valence-corrected chi connectivity index (χ0v) is 14.3. The Balaban J connectivity index is 2.00. The molecule has 0 saturated heterocycles. The third-order valence-electron chi connectivity index (χ3n) is 3.28. The Labute approximate surface area is 150 Å². The summed E-state index contributed by atoms with van der Waals surface area (Å²) >= 11 is 0. The van der Waals surface area contributed by atoms with Crippen molar-refractivity contribution in [2.75, 3.05) is 13.2 Å². The summed E-state index contributed by atoms with van der Waals surface area (Å²) in [6.07, 6.45) is 4.97. The molecule has 0 aliphatic heterocycles. The molecule has 2 N–H and O–H groups in total. The molecule has 26 heavy (non-hydrogen) atoms. The number of rotatable bonds is 7. The van der Waals surface area contributed by atoms with Crippen molar-refractivity contribution in [3.63, 3.8) is 0 Å². The van der Waals surface area contributed by atoms with Gasteiger partial charge in [0.1, 0.15) is 5.56 Å². The minimum atomic E-state index is -0.741. The Kier molecular flexibility index (Phi) is 6.60. The maximum absolute atomic E-state index is 12.2. The molecular formula is C17H19N5O4. The van der Waals surface area contributed by atoms with Crippen molar-refractivity contribution < 1.29 is 19.1 Å². The molecule has 2 rings (SSSR count). The molecule has 0 unspecified atom stereocenters. The molecule has 0 atom stereocenters. The molecule has 0 spiro atoms. The molecule has 0 aromatic carbocycles. The van der Waals surface area contributed by atoms with Gasteiger partial charge < -0.3 is 10.1 Å². The Morgan fingerprint density at radius 1 is 1.35 bits per heavy atom.